The average molecular weight is 994 g/mol. The minimum atomic E-state index is -0.0577. The Balaban J connectivity index is 0.00000496. The van der Waals surface area contributed by atoms with Gasteiger partial charge in [0, 0.05) is 0 Å². The third-order valence-corrected chi connectivity index (χ3v) is 13.1. The number of nitrogens with zero attached hydrogens (tertiary/aromatic N) is 2. The van der Waals surface area contributed by atoms with Crippen LogP contribution < -0.4 is 4.98 Å². The largest absolute Gasteiger partial charge is 3.00 e. The van der Waals surface area contributed by atoms with Crippen LogP contribution in [0.5, 0.6) is 0 Å². The molecule has 0 amide bonds. The predicted octanol–water partition coefficient (Wildman–Crippen LogP) is 14.0. The number of hydrogen-bond acceptors (Lipinski definition) is 1. The van der Waals surface area contributed by atoms with Gasteiger partial charge in [0.25, 0.3) is 0 Å². The number of aromatic nitrogens is 2. The number of fused-ring (bicyclic) bond motifs is 4. The number of benzene rings is 5. The zero-order valence-corrected chi connectivity index (χ0v) is 39.3. The van der Waals surface area contributed by atoms with Gasteiger partial charge in [-0.25, -0.2) is 0 Å². The van der Waals surface area contributed by atoms with Crippen LogP contribution in [0.25, 0.3) is 76.2 Å². The molecule has 0 saturated heterocycles. The van der Waals surface area contributed by atoms with Gasteiger partial charge in [-0.2, -0.15) is 0 Å². The predicted molar refractivity (Wildman–Crippen MR) is 241 cm³/mol. The molecule has 57 heavy (non-hydrogen) atoms. The molecule has 0 atom stereocenters. The van der Waals surface area contributed by atoms with Crippen molar-refractivity contribution < 1.29 is 22.4 Å². The van der Waals surface area contributed by atoms with Crippen LogP contribution in [0.3, 0.4) is 0 Å². The van der Waals surface area contributed by atoms with Gasteiger partial charge in [0.05, 0.1) is 0 Å². The molecule has 0 radical (unpaired) electrons. The van der Waals surface area contributed by atoms with E-state index in [0.29, 0.717) is 0 Å². The quantitative estimate of drug-likeness (QED) is 0.130. The van der Waals surface area contributed by atoms with E-state index >= 15 is 0 Å². The fraction of sp³-hybridized carbons (Fsp3) is 0.302. The summed E-state index contributed by atoms with van der Waals surface area (Å²) < 4.78 is 1.34. The van der Waals surface area contributed by atoms with Crippen LogP contribution in [-0.4, -0.2) is 19.5 Å². The normalized spacial score (nSPS) is 12.8. The van der Waals surface area contributed by atoms with Crippen molar-refractivity contribution in [3.05, 3.63) is 136 Å². The van der Waals surface area contributed by atoms with Crippen LogP contribution in [-0.2, 0) is 44.0 Å². The van der Waals surface area contributed by atoms with E-state index < -0.39 is 0 Å². The second-order valence-electron chi connectivity index (χ2n) is 19.7. The Hall–Kier alpha value is -3.95. The van der Waals surface area contributed by atoms with Gasteiger partial charge in [0.15, 0.2) is 0 Å². The number of hydrogen-bond donors (Lipinski definition) is 0. The zero-order valence-electron chi connectivity index (χ0n) is 35.4. The van der Waals surface area contributed by atoms with Crippen LogP contribution in [0, 0.1) is 12.1 Å². The van der Waals surface area contributed by atoms with E-state index in [0.717, 1.165) is 50.2 Å². The molecular formula is C53H53AuN2Se. The first-order valence-electron chi connectivity index (χ1n) is 19.9. The third-order valence-electron chi connectivity index (χ3n) is 11.3. The molecule has 8 aromatic rings. The Labute approximate surface area is 361 Å². The van der Waals surface area contributed by atoms with Crippen molar-refractivity contribution in [3.8, 4) is 44.8 Å². The van der Waals surface area contributed by atoms with Gasteiger partial charge in [-0.15, -0.1) is 0 Å². The van der Waals surface area contributed by atoms with Gasteiger partial charge < -0.3 is 0 Å². The van der Waals surface area contributed by atoms with Crippen LogP contribution in [0.15, 0.2) is 102 Å². The second-order valence-corrected chi connectivity index (χ2v) is 21.7. The Bertz CT molecular complexity index is 2680. The summed E-state index contributed by atoms with van der Waals surface area (Å²) in [6, 6.07) is 43.8. The molecule has 0 aliphatic rings. The van der Waals surface area contributed by atoms with E-state index in [1.807, 2.05) is 0 Å². The molecule has 0 spiro atoms. The Morgan fingerprint density at radius 1 is 0.526 bits per heavy atom. The molecule has 3 aromatic heterocycles. The maximum Gasteiger partial charge on any atom is 3.00 e. The average Bonchev–Trinajstić information content (AvgIpc) is 3.77. The third kappa shape index (κ3) is 8.08. The molecule has 0 saturated carbocycles. The maximum atomic E-state index is 5.62. The maximum absolute atomic E-state index is 5.62. The van der Waals surface area contributed by atoms with Gasteiger partial charge >= 0.3 is 364 Å². The summed E-state index contributed by atoms with van der Waals surface area (Å²) in [7, 11) is 0. The fourth-order valence-electron chi connectivity index (χ4n) is 7.56. The molecular weight excluding hydrogens is 941 g/mol. The number of pyridine rings is 1. The molecule has 0 bridgehead atoms. The Morgan fingerprint density at radius 2 is 1.14 bits per heavy atom. The summed E-state index contributed by atoms with van der Waals surface area (Å²) in [5.41, 5.74) is 15.7. The minimum Gasteiger partial charge on any atom is 3.00 e. The molecule has 0 aliphatic carbocycles. The van der Waals surface area contributed by atoms with E-state index in [1.54, 1.807) is 0 Å². The van der Waals surface area contributed by atoms with E-state index in [4.69, 9.17) is 9.97 Å². The van der Waals surface area contributed by atoms with Crippen LogP contribution in [0.1, 0.15) is 105 Å². The molecule has 5 aromatic carbocycles. The summed E-state index contributed by atoms with van der Waals surface area (Å²) in [5.74, 6) is 0. The van der Waals surface area contributed by atoms with Crippen molar-refractivity contribution in [2.24, 2.45) is 0 Å². The molecule has 3 heterocycles. The summed E-state index contributed by atoms with van der Waals surface area (Å²) >= 11 is 0.202. The molecule has 0 aliphatic heterocycles. The van der Waals surface area contributed by atoms with Crippen LogP contribution >= 0.6 is 0 Å². The first-order valence-corrected chi connectivity index (χ1v) is 21.7. The van der Waals surface area contributed by atoms with Crippen molar-refractivity contribution in [2.75, 3.05) is 0 Å². The molecule has 2 nitrogen and oxygen atoms in total. The van der Waals surface area contributed by atoms with Gasteiger partial charge in [-0.05, 0) is 0 Å². The zero-order chi connectivity index (χ0) is 39.9. The SMILES string of the molecule is CC(C)(C)c1c[c-]c(-c2[c-]c(-c3nc(-c4cc(C(C)(C)C)cc5c4[n-]c4ccc(C(C)(C)C)cc45)cc4[se]ccc34)cc(-c3ccc(C(C)(C)C)cc3)c2)cc1.[Au+3]. The first-order chi connectivity index (χ1) is 26.2. The van der Waals surface area contributed by atoms with Gasteiger partial charge in [-0.3, -0.25) is 0 Å². The van der Waals surface area contributed by atoms with Crippen molar-refractivity contribution in [2.45, 2.75) is 105 Å². The number of rotatable bonds is 4. The van der Waals surface area contributed by atoms with E-state index in [9.17, 15) is 0 Å². The van der Waals surface area contributed by atoms with Crippen molar-refractivity contribution in [1.82, 2.24) is 9.97 Å². The molecule has 292 valence electrons. The van der Waals surface area contributed by atoms with Crippen LogP contribution in [0.2, 0.25) is 0 Å². The second kappa shape index (κ2) is 14.7. The molecule has 4 heteroatoms. The summed E-state index contributed by atoms with van der Waals surface area (Å²) in [6.07, 6.45) is 0. The van der Waals surface area contributed by atoms with Gasteiger partial charge in [0.1, 0.15) is 0 Å². The molecule has 8 rings (SSSR count). The van der Waals surface area contributed by atoms with Crippen molar-refractivity contribution in [1.29, 1.82) is 0 Å². The monoisotopic (exact) mass is 994 g/mol. The van der Waals surface area contributed by atoms with E-state index in [-0.39, 0.29) is 58.5 Å². The van der Waals surface area contributed by atoms with E-state index in [1.165, 1.54) is 48.2 Å². The molecule has 0 unspecified atom stereocenters. The minimum absolute atomic E-state index is 0. The van der Waals surface area contributed by atoms with Crippen molar-refractivity contribution in [3.63, 3.8) is 0 Å². The Morgan fingerprint density at radius 3 is 1.77 bits per heavy atom. The Kier molecular flexibility index (Phi) is 10.6. The summed E-state index contributed by atoms with van der Waals surface area (Å²) in [5, 5.41) is 3.61. The van der Waals surface area contributed by atoms with Gasteiger partial charge in [0.2, 0.25) is 0 Å². The molecule has 0 fully saturated rings. The first kappa shape index (κ1) is 41.2. The topological polar surface area (TPSA) is 27.0 Å². The summed E-state index contributed by atoms with van der Waals surface area (Å²) in [6.45, 7) is 27.3. The van der Waals surface area contributed by atoms with Gasteiger partial charge in [-0.1, -0.05) is 0 Å². The standard InChI is InChI=1S/C53H53N2Se.Au/c1-50(2,3)37-17-13-32(14-18-37)34-25-35(33-15-19-38(20-16-33)51(4,5)6)27-36(26-34)48-41-23-24-56-47(41)31-46(55-48)44-30-40(53(10,11)12)29-43-42-28-39(52(7,8)9)21-22-45(42)54-49(43)44;/h13-15,17-26,28-31H,1-12H3;/q-3;+3. The fourth-order valence-corrected chi connectivity index (χ4v) is 9.29. The molecule has 0 N–H and O–H groups in total. The van der Waals surface area contributed by atoms with E-state index in [2.05, 4.69) is 197 Å². The smallest absolute Gasteiger partial charge is 3.00 e. The summed E-state index contributed by atoms with van der Waals surface area (Å²) in [4.78, 5) is 13.3. The van der Waals surface area contributed by atoms with Crippen LogP contribution in [0.4, 0.5) is 0 Å². The van der Waals surface area contributed by atoms with Crippen molar-refractivity contribution >= 4 is 46.0 Å².